The molecule has 0 atom stereocenters. The number of thiazole rings is 1. The molecule has 0 spiro atoms. The number of aryl methyl sites for hydroxylation is 1. The molecular weight excluding hydrogens is 389 g/mol. The van der Waals surface area contributed by atoms with Gasteiger partial charge in [-0.25, -0.2) is 19.6 Å². The zero-order valence-corrected chi connectivity index (χ0v) is 15.3. The number of hydrogen-bond donors (Lipinski definition) is 1. The van der Waals surface area contributed by atoms with Crippen molar-refractivity contribution in [3.8, 4) is 15.6 Å². The van der Waals surface area contributed by atoms with Crippen LogP contribution in [0, 0.1) is 6.92 Å². The number of rotatable bonds is 4. The number of aromatic nitrogens is 5. The zero-order chi connectivity index (χ0) is 19.7. The fourth-order valence-corrected chi connectivity index (χ4v) is 3.43. The summed E-state index contributed by atoms with van der Waals surface area (Å²) in [5, 5.41) is 7.72. The van der Waals surface area contributed by atoms with Gasteiger partial charge in [-0.15, -0.1) is 0 Å². The number of nitrogens with one attached hydrogen (secondary N) is 1. The molecule has 0 unspecified atom stereocenters. The van der Waals surface area contributed by atoms with E-state index >= 15 is 0 Å². The Balaban J connectivity index is 1.63. The van der Waals surface area contributed by atoms with Gasteiger partial charge in [0.2, 0.25) is 11.1 Å². The molecule has 6 nitrogen and oxygen atoms in total. The van der Waals surface area contributed by atoms with E-state index in [-0.39, 0.29) is 5.95 Å². The van der Waals surface area contributed by atoms with Gasteiger partial charge in [0.25, 0.3) is 0 Å². The van der Waals surface area contributed by atoms with Crippen molar-refractivity contribution >= 4 is 23.0 Å². The maximum Gasteiger partial charge on any atom is 0.433 e. The van der Waals surface area contributed by atoms with Gasteiger partial charge in [-0.3, -0.25) is 0 Å². The van der Waals surface area contributed by atoms with Crippen LogP contribution in [0.5, 0.6) is 0 Å². The van der Waals surface area contributed by atoms with Crippen LogP contribution < -0.4 is 5.32 Å². The van der Waals surface area contributed by atoms with E-state index in [4.69, 9.17) is 0 Å². The summed E-state index contributed by atoms with van der Waals surface area (Å²) in [4.78, 5) is 12.7. The fraction of sp³-hybridized carbons (Fsp3) is 0.111. The number of anilines is 2. The number of alkyl halides is 3. The van der Waals surface area contributed by atoms with Crippen LogP contribution >= 0.6 is 11.3 Å². The SMILES string of the molecule is Cc1cc(Nc2nccc(C(F)(F)F)n2)cc(-c2cnc(-n3cccn3)s2)c1. The monoisotopic (exact) mass is 402 g/mol. The first-order valence-corrected chi connectivity index (χ1v) is 8.95. The van der Waals surface area contributed by atoms with Crippen LogP contribution in [0.25, 0.3) is 15.6 Å². The van der Waals surface area contributed by atoms with Crippen molar-refractivity contribution in [2.75, 3.05) is 5.32 Å². The van der Waals surface area contributed by atoms with Gasteiger partial charge in [-0.1, -0.05) is 17.4 Å². The molecule has 3 aromatic heterocycles. The Morgan fingerprint density at radius 3 is 2.71 bits per heavy atom. The first-order chi connectivity index (χ1) is 13.4. The average molecular weight is 402 g/mol. The highest BCUT2D eigenvalue weighted by Gasteiger charge is 2.32. The van der Waals surface area contributed by atoms with Gasteiger partial charge in [0.15, 0.2) is 0 Å². The molecule has 0 radical (unpaired) electrons. The molecule has 4 rings (SSSR count). The lowest BCUT2D eigenvalue weighted by molar-refractivity contribution is -0.141. The third-order valence-corrected chi connectivity index (χ3v) is 4.79. The van der Waals surface area contributed by atoms with Crippen LogP contribution in [0.4, 0.5) is 24.8 Å². The van der Waals surface area contributed by atoms with Gasteiger partial charge in [-0.2, -0.15) is 18.3 Å². The number of benzene rings is 1. The first kappa shape index (κ1) is 18.1. The molecule has 28 heavy (non-hydrogen) atoms. The van der Waals surface area contributed by atoms with Crippen molar-refractivity contribution in [3.05, 3.63) is 66.4 Å². The Bertz CT molecular complexity index is 1100. The van der Waals surface area contributed by atoms with Crippen LogP contribution in [0.15, 0.2) is 55.1 Å². The number of halogens is 3. The molecule has 0 aliphatic heterocycles. The van der Waals surface area contributed by atoms with E-state index in [0.29, 0.717) is 5.69 Å². The molecule has 0 bridgehead atoms. The molecule has 10 heteroatoms. The fourth-order valence-electron chi connectivity index (χ4n) is 2.59. The van der Waals surface area contributed by atoms with Crippen molar-refractivity contribution < 1.29 is 13.2 Å². The average Bonchev–Trinajstić information content (AvgIpc) is 3.32. The molecule has 0 fully saturated rings. The molecule has 0 saturated carbocycles. The lowest BCUT2D eigenvalue weighted by atomic mass is 10.1. The normalized spacial score (nSPS) is 11.6. The number of hydrogen-bond acceptors (Lipinski definition) is 6. The minimum absolute atomic E-state index is 0.118. The summed E-state index contributed by atoms with van der Waals surface area (Å²) in [6.45, 7) is 1.90. The molecule has 0 saturated heterocycles. The summed E-state index contributed by atoms with van der Waals surface area (Å²) in [6.07, 6.45) is 1.76. The Morgan fingerprint density at radius 2 is 1.96 bits per heavy atom. The molecule has 3 heterocycles. The van der Waals surface area contributed by atoms with Gasteiger partial charge in [0.1, 0.15) is 5.69 Å². The van der Waals surface area contributed by atoms with Crippen LogP contribution in [-0.2, 0) is 6.18 Å². The van der Waals surface area contributed by atoms with Crippen LogP contribution in [0.3, 0.4) is 0 Å². The maximum absolute atomic E-state index is 12.8. The summed E-state index contributed by atoms with van der Waals surface area (Å²) in [5.41, 5.74) is 1.40. The van der Waals surface area contributed by atoms with Crippen molar-refractivity contribution in [2.45, 2.75) is 13.1 Å². The van der Waals surface area contributed by atoms with Gasteiger partial charge >= 0.3 is 6.18 Å². The third-order valence-electron chi connectivity index (χ3n) is 3.76. The highest BCUT2D eigenvalue weighted by Crippen LogP contribution is 2.32. The smallest absolute Gasteiger partial charge is 0.324 e. The Labute approximate surface area is 161 Å². The zero-order valence-electron chi connectivity index (χ0n) is 14.5. The second kappa shape index (κ2) is 7.04. The van der Waals surface area contributed by atoms with Crippen molar-refractivity contribution in [1.82, 2.24) is 24.7 Å². The summed E-state index contributed by atoms with van der Waals surface area (Å²) < 4.78 is 40.2. The molecule has 0 amide bonds. The van der Waals surface area contributed by atoms with E-state index in [0.717, 1.165) is 33.4 Å². The minimum Gasteiger partial charge on any atom is -0.324 e. The second-order valence-electron chi connectivity index (χ2n) is 5.93. The van der Waals surface area contributed by atoms with Gasteiger partial charge in [0, 0.05) is 30.5 Å². The van der Waals surface area contributed by atoms with E-state index in [1.165, 1.54) is 11.3 Å². The van der Waals surface area contributed by atoms with Gasteiger partial charge < -0.3 is 5.32 Å². The van der Waals surface area contributed by atoms with Crippen LogP contribution in [-0.4, -0.2) is 24.7 Å². The summed E-state index contributed by atoms with van der Waals surface area (Å²) in [6, 6.07) is 8.24. The molecule has 4 aromatic rings. The van der Waals surface area contributed by atoms with Gasteiger partial charge in [-0.05, 0) is 42.3 Å². The van der Waals surface area contributed by atoms with E-state index in [1.54, 1.807) is 23.3 Å². The Hall–Kier alpha value is -3.27. The first-order valence-electron chi connectivity index (χ1n) is 8.14. The molecule has 1 N–H and O–H groups in total. The highest BCUT2D eigenvalue weighted by atomic mass is 32.1. The molecule has 1 aromatic carbocycles. The summed E-state index contributed by atoms with van der Waals surface area (Å²) in [7, 11) is 0. The quantitative estimate of drug-likeness (QED) is 0.528. The largest absolute Gasteiger partial charge is 0.433 e. The maximum atomic E-state index is 12.8. The Kier molecular flexibility index (Phi) is 4.55. The highest BCUT2D eigenvalue weighted by molar-refractivity contribution is 7.17. The van der Waals surface area contributed by atoms with Gasteiger partial charge in [0.05, 0.1) is 4.88 Å². The van der Waals surface area contributed by atoms with Crippen LogP contribution in [0.1, 0.15) is 11.3 Å². The van der Waals surface area contributed by atoms with E-state index in [2.05, 4.69) is 25.4 Å². The van der Waals surface area contributed by atoms with Crippen molar-refractivity contribution in [2.24, 2.45) is 0 Å². The molecule has 142 valence electrons. The lowest BCUT2D eigenvalue weighted by Crippen LogP contribution is -2.10. The predicted molar refractivity (Wildman–Crippen MR) is 99.7 cm³/mol. The Morgan fingerprint density at radius 1 is 1.11 bits per heavy atom. The number of nitrogens with zero attached hydrogens (tertiary/aromatic N) is 5. The third kappa shape index (κ3) is 3.86. The molecule has 0 aliphatic carbocycles. The standard InChI is InChI=1S/C18H13F3N6S/c1-11-7-12(14-10-23-17(28-14)27-6-2-4-24-27)9-13(8-11)25-16-22-5-3-15(26-16)18(19,20)21/h2-10H,1H3,(H,22,25,26). The summed E-state index contributed by atoms with van der Waals surface area (Å²) in [5.74, 6) is -0.118. The second-order valence-corrected chi connectivity index (χ2v) is 6.94. The molecule has 0 aliphatic rings. The van der Waals surface area contributed by atoms with Crippen molar-refractivity contribution in [1.29, 1.82) is 0 Å². The van der Waals surface area contributed by atoms with E-state index in [9.17, 15) is 13.2 Å². The van der Waals surface area contributed by atoms with E-state index in [1.807, 2.05) is 31.2 Å². The van der Waals surface area contributed by atoms with E-state index < -0.39 is 11.9 Å². The predicted octanol–water partition coefficient (Wildman–Crippen LogP) is 4.86. The topological polar surface area (TPSA) is 68.5 Å². The minimum atomic E-state index is -4.53. The molecular formula is C18H13F3N6S. The van der Waals surface area contributed by atoms with Crippen LogP contribution in [0.2, 0.25) is 0 Å². The van der Waals surface area contributed by atoms with Crippen molar-refractivity contribution in [3.63, 3.8) is 0 Å². The lowest BCUT2D eigenvalue weighted by Gasteiger charge is -2.10. The summed E-state index contributed by atoms with van der Waals surface area (Å²) >= 11 is 1.45.